The molecule has 94 valence electrons. The van der Waals surface area contributed by atoms with E-state index in [0.717, 1.165) is 30.9 Å². The summed E-state index contributed by atoms with van der Waals surface area (Å²) in [6.45, 7) is 5.86. The van der Waals surface area contributed by atoms with Crippen molar-refractivity contribution < 1.29 is 4.79 Å². The number of nitrogens with one attached hydrogen (secondary N) is 2. The third-order valence-corrected chi connectivity index (χ3v) is 4.40. The Morgan fingerprint density at radius 3 is 3.18 bits per heavy atom. The van der Waals surface area contributed by atoms with Crippen LogP contribution >= 0.6 is 11.3 Å². The Morgan fingerprint density at radius 2 is 2.59 bits per heavy atom. The van der Waals surface area contributed by atoms with Gasteiger partial charge in [0.1, 0.15) is 5.01 Å². The highest BCUT2D eigenvalue weighted by molar-refractivity contribution is 7.11. The van der Waals surface area contributed by atoms with E-state index in [-0.39, 0.29) is 17.9 Å². The summed E-state index contributed by atoms with van der Waals surface area (Å²) in [4.78, 5) is 17.6. The molecule has 0 aliphatic carbocycles. The van der Waals surface area contributed by atoms with Crippen molar-refractivity contribution in [1.29, 1.82) is 0 Å². The van der Waals surface area contributed by atoms with Crippen molar-refractivity contribution in [2.75, 3.05) is 13.1 Å². The van der Waals surface area contributed by atoms with E-state index in [1.54, 1.807) is 11.3 Å². The van der Waals surface area contributed by atoms with E-state index < -0.39 is 0 Å². The van der Waals surface area contributed by atoms with E-state index in [0.29, 0.717) is 0 Å². The monoisotopic (exact) mass is 253 g/mol. The minimum absolute atomic E-state index is 0.0217. The summed E-state index contributed by atoms with van der Waals surface area (Å²) in [5.74, 6) is 0.277. The van der Waals surface area contributed by atoms with Gasteiger partial charge in [-0.3, -0.25) is 4.79 Å². The SMILES string of the molecule is CCc1cnc([C@H](C)NC(=O)[C@@H]2CCNC2)s1. The van der Waals surface area contributed by atoms with Crippen LogP contribution in [0.2, 0.25) is 0 Å². The van der Waals surface area contributed by atoms with Crippen LogP contribution in [0.1, 0.15) is 36.2 Å². The summed E-state index contributed by atoms with van der Waals surface area (Å²) in [5.41, 5.74) is 0. The number of aromatic nitrogens is 1. The Bertz CT molecular complexity index is 385. The third kappa shape index (κ3) is 3.04. The number of aryl methyl sites for hydroxylation is 1. The lowest BCUT2D eigenvalue weighted by atomic mass is 10.1. The number of carbonyl (C=O) groups is 1. The third-order valence-electron chi connectivity index (χ3n) is 3.08. The average molecular weight is 253 g/mol. The minimum atomic E-state index is 0.0217. The van der Waals surface area contributed by atoms with Crippen molar-refractivity contribution in [3.8, 4) is 0 Å². The van der Waals surface area contributed by atoms with Crippen LogP contribution < -0.4 is 10.6 Å². The first kappa shape index (κ1) is 12.5. The lowest BCUT2D eigenvalue weighted by Crippen LogP contribution is -2.33. The van der Waals surface area contributed by atoms with E-state index in [1.807, 2.05) is 13.1 Å². The molecule has 4 nitrogen and oxygen atoms in total. The topological polar surface area (TPSA) is 54.0 Å². The van der Waals surface area contributed by atoms with Gasteiger partial charge in [0.2, 0.25) is 5.91 Å². The van der Waals surface area contributed by atoms with Crippen LogP contribution in [0.3, 0.4) is 0 Å². The molecule has 1 saturated heterocycles. The molecule has 0 spiro atoms. The Kier molecular flexibility index (Phi) is 4.12. The molecule has 1 fully saturated rings. The van der Waals surface area contributed by atoms with E-state index in [9.17, 15) is 4.79 Å². The van der Waals surface area contributed by atoms with Gasteiger partial charge in [-0.15, -0.1) is 11.3 Å². The van der Waals surface area contributed by atoms with Gasteiger partial charge < -0.3 is 10.6 Å². The molecule has 0 aromatic carbocycles. The number of nitrogens with zero attached hydrogens (tertiary/aromatic N) is 1. The molecule has 2 atom stereocenters. The molecule has 17 heavy (non-hydrogen) atoms. The fourth-order valence-corrected chi connectivity index (χ4v) is 2.82. The first-order valence-corrected chi connectivity index (χ1v) is 6.98. The number of rotatable bonds is 4. The number of amides is 1. The highest BCUT2D eigenvalue weighted by Crippen LogP contribution is 2.21. The van der Waals surface area contributed by atoms with Crippen LogP contribution in [0.25, 0.3) is 0 Å². The molecule has 1 aliphatic heterocycles. The summed E-state index contributed by atoms with van der Waals surface area (Å²) in [6.07, 6.45) is 3.85. The molecular weight excluding hydrogens is 234 g/mol. The van der Waals surface area contributed by atoms with E-state index in [2.05, 4.69) is 22.5 Å². The van der Waals surface area contributed by atoms with Crippen LogP contribution in [0.4, 0.5) is 0 Å². The number of hydrogen-bond acceptors (Lipinski definition) is 4. The van der Waals surface area contributed by atoms with Gasteiger partial charge in [-0.05, 0) is 26.3 Å². The van der Waals surface area contributed by atoms with Crippen molar-refractivity contribution in [2.45, 2.75) is 32.7 Å². The lowest BCUT2D eigenvalue weighted by molar-refractivity contribution is -0.125. The van der Waals surface area contributed by atoms with Gasteiger partial charge in [-0.1, -0.05) is 6.92 Å². The van der Waals surface area contributed by atoms with Gasteiger partial charge in [0.25, 0.3) is 0 Å². The fourth-order valence-electron chi connectivity index (χ4n) is 1.96. The van der Waals surface area contributed by atoms with Gasteiger partial charge in [0.05, 0.1) is 12.0 Å². The molecule has 0 unspecified atom stereocenters. The Balaban J connectivity index is 1.91. The second kappa shape index (κ2) is 5.60. The molecule has 0 saturated carbocycles. The number of carbonyl (C=O) groups excluding carboxylic acids is 1. The Labute approximate surface area is 106 Å². The summed E-state index contributed by atoms with van der Waals surface area (Å²) in [6, 6.07) is 0.0217. The smallest absolute Gasteiger partial charge is 0.224 e. The van der Waals surface area contributed by atoms with Crippen LogP contribution in [0.5, 0.6) is 0 Å². The zero-order valence-electron chi connectivity index (χ0n) is 10.3. The maximum absolute atomic E-state index is 11.9. The van der Waals surface area contributed by atoms with E-state index >= 15 is 0 Å². The molecule has 0 bridgehead atoms. The Hall–Kier alpha value is -0.940. The molecular formula is C12H19N3OS. The lowest BCUT2D eigenvalue weighted by Gasteiger charge is -2.14. The summed E-state index contributed by atoms with van der Waals surface area (Å²) in [5, 5.41) is 7.25. The summed E-state index contributed by atoms with van der Waals surface area (Å²) in [7, 11) is 0. The van der Waals surface area contributed by atoms with E-state index in [4.69, 9.17) is 0 Å². The summed E-state index contributed by atoms with van der Waals surface area (Å²) < 4.78 is 0. The average Bonchev–Trinajstić information content (AvgIpc) is 3.00. The van der Waals surface area contributed by atoms with Crippen LogP contribution in [0.15, 0.2) is 6.20 Å². The maximum atomic E-state index is 11.9. The second-order valence-electron chi connectivity index (χ2n) is 4.44. The largest absolute Gasteiger partial charge is 0.347 e. The molecule has 2 rings (SSSR count). The Morgan fingerprint density at radius 1 is 1.76 bits per heavy atom. The maximum Gasteiger partial charge on any atom is 0.224 e. The molecule has 1 aromatic rings. The van der Waals surface area contributed by atoms with Gasteiger partial charge in [0, 0.05) is 17.6 Å². The van der Waals surface area contributed by atoms with Crippen LogP contribution in [0, 0.1) is 5.92 Å². The fraction of sp³-hybridized carbons (Fsp3) is 0.667. The molecule has 5 heteroatoms. The van der Waals surface area contributed by atoms with Crippen molar-refractivity contribution in [1.82, 2.24) is 15.6 Å². The molecule has 1 aromatic heterocycles. The quantitative estimate of drug-likeness (QED) is 0.855. The van der Waals surface area contributed by atoms with Crippen molar-refractivity contribution in [3.63, 3.8) is 0 Å². The standard InChI is InChI=1S/C12H19N3OS/c1-3-10-7-14-12(17-10)8(2)15-11(16)9-4-5-13-6-9/h7-9,13H,3-6H2,1-2H3,(H,15,16)/t8-,9+/m0/s1. The molecule has 2 heterocycles. The zero-order chi connectivity index (χ0) is 12.3. The summed E-state index contributed by atoms with van der Waals surface area (Å²) >= 11 is 1.68. The highest BCUT2D eigenvalue weighted by atomic mass is 32.1. The van der Waals surface area contributed by atoms with Crippen LogP contribution in [-0.4, -0.2) is 24.0 Å². The normalized spacial score (nSPS) is 21.4. The first-order valence-electron chi connectivity index (χ1n) is 6.16. The zero-order valence-corrected chi connectivity index (χ0v) is 11.1. The van der Waals surface area contributed by atoms with Gasteiger partial charge >= 0.3 is 0 Å². The predicted molar refractivity (Wildman–Crippen MR) is 69.0 cm³/mol. The van der Waals surface area contributed by atoms with Crippen LogP contribution in [-0.2, 0) is 11.2 Å². The molecule has 0 radical (unpaired) electrons. The number of hydrogen-bond donors (Lipinski definition) is 2. The van der Waals surface area contributed by atoms with Crippen molar-refractivity contribution >= 4 is 17.2 Å². The number of thiazole rings is 1. The van der Waals surface area contributed by atoms with Gasteiger partial charge in [0.15, 0.2) is 0 Å². The predicted octanol–water partition coefficient (Wildman–Crippen LogP) is 1.49. The first-order chi connectivity index (χ1) is 8.20. The van der Waals surface area contributed by atoms with E-state index in [1.165, 1.54) is 4.88 Å². The van der Waals surface area contributed by atoms with Crippen molar-refractivity contribution in [3.05, 3.63) is 16.1 Å². The minimum Gasteiger partial charge on any atom is -0.347 e. The molecule has 1 amide bonds. The van der Waals surface area contributed by atoms with Gasteiger partial charge in [-0.2, -0.15) is 0 Å². The molecule has 1 aliphatic rings. The molecule has 2 N–H and O–H groups in total. The van der Waals surface area contributed by atoms with Gasteiger partial charge in [-0.25, -0.2) is 4.98 Å². The highest BCUT2D eigenvalue weighted by Gasteiger charge is 2.24. The van der Waals surface area contributed by atoms with Crippen molar-refractivity contribution in [2.24, 2.45) is 5.92 Å². The second-order valence-corrected chi connectivity index (χ2v) is 5.59.